The average molecular weight is 1440 g/mol. The summed E-state index contributed by atoms with van der Waals surface area (Å²) in [4.78, 5) is 7.58. The second-order valence-corrected chi connectivity index (χ2v) is 34.7. The van der Waals surface area contributed by atoms with Gasteiger partial charge in [-0.25, -0.2) is 0 Å². The number of anilines is 6. The predicted molar refractivity (Wildman–Crippen MR) is 457 cm³/mol. The van der Waals surface area contributed by atoms with Crippen molar-refractivity contribution in [3.8, 4) is 5.69 Å². The van der Waals surface area contributed by atoms with E-state index in [-0.39, 0.29) is 5.41 Å². The molecular formula is C93H57N3S7. The van der Waals surface area contributed by atoms with E-state index in [0.29, 0.717) is 0 Å². The van der Waals surface area contributed by atoms with E-state index in [1.165, 1.54) is 204 Å². The molecule has 0 fully saturated rings. The molecule has 0 unspecified atom stereocenters. The van der Waals surface area contributed by atoms with Crippen molar-refractivity contribution in [3.63, 3.8) is 0 Å². The Labute approximate surface area is 620 Å². The maximum Gasteiger partial charge on any atom is 0.0601 e. The van der Waals surface area contributed by atoms with E-state index in [1.807, 2.05) is 79.8 Å². The molecule has 22 aromatic rings. The van der Waals surface area contributed by atoms with Crippen molar-refractivity contribution in [1.82, 2.24) is 4.57 Å². The molecule has 0 saturated heterocycles. The monoisotopic (exact) mass is 1440 g/mol. The van der Waals surface area contributed by atoms with Crippen molar-refractivity contribution < 1.29 is 0 Å². The lowest BCUT2D eigenvalue weighted by Gasteiger charge is -2.42. The summed E-state index contributed by atoms with van der Waals surface area (Å²) in [6.07, 6.45) is 0. The minimum absolute atomic E-state index is 0.0625. The van der Waals surface area contributed by atoms with Gasteiger partial charge in [-0.05, 0) is 132 Å². The molecule has 2 aliphatic heterocycles. The summed E-state index contributed by atoms with van der Waals surface area (Å²) in [6.45, 7) is 4.70. The summed E-state index contributed by atoms with van der Waals surface area (Å²) in [5.41, 5.74) is 14.0. The molecule has 0 radical (unpaired) electrons. The molecular weight excluding hydrogens is 1380 g/mol. The van der Waals surface area contributed by atoms with Gasteiger partial charge in [0.15, 0.2) is 0 Å². The molecule has 0 N–H and O–H groups in total. The van der Waals surface area contributed by atoms with Crippen LogP contribution in [0.2, 0.25) is 0 Å². The summed E-state index contributed by atoms with van der Waals surface area (Å²) in [7, 11) is 0. The average Bonchev–Trinajstić information content (AvgIpc) is 1.71. The number of nitrogens with zero attached hydrogens (tertiary/aromatic N) is 3. The Kier molecular flexibility index (Phi) is 13.5. The first kappa shape index (κ1) is 60.0. The van der Waals surface area contributed by atoms with Crippen LogP contribution in [0.3, 0.4) is 0 Å². The van der Waals surface area contributed by atoms with Gasteiger partial charge < -0.3 is 14.4 Å². The van der Waals surface area contributed by atoms with Gasteiger partial charge >= 0.3 is 0 Å². The standard InChI is InChI=1S/C33H23NS2.C30H17NS3.C30H17NS2/c1-33(2)22-11-4-6-13-24(22)34(25-14-7-5-12-23(25)33)26-15-9-17-28-30(26)31-29(35-28)19-18-21-20-10-3-8-16-27(20)36-32(21)31;1-4-12-23-18(8-1)19-16-17-27-29(30(19)34-23)28-22(11-7-15-26(28)33-27)31-20-9-2-5-13-24(20)32-25-14-6-3-10-21(25)31;1-4-11-22-18(8-1)19-9-2-5-12-23(19)31(22)24-13-7-15-26-28(24)29-27(32-26)17-16-21-20-10-3-6-14-25(20)33-30(21)29/h3-19H,1-2H3;1-17H;1-17H. The SMILES string of the molecule is CC1(C)c2ccccc2N(c2cccc3sc4ccc5c6ccccc6sc5c4c23)c2ccccc21.c1ccc2c(c1)Sc1ccccc1N2c1cccc2sc3ccc4c5ccccc5sc4c3c12.c1ccc2c(c1)sc1c2ccc2sc3cccc(-n4c5ccccc5c5ccccc54)c3c21. The van der Waals surface area contributed by atoms with Crippen LogP contribution in [0.4, 0.5) is 34.1 Å². The largest absolute Gasteiger partial charge is 0.309 e. The van der Waals surface area contributed by atoms with E-state index < -0.39 is 0 Å². The van der Waals surface area contributed by atoms with Gasteiger partial charge in [-0.15, -0.1) is 68.0 Å². The highest BCUT2D eigenvalue weighted by atomic mass is 32.2. The second-order valence-electron chi connectivity index (χ2n) is 27.2. The summed E-state index contributed by atoms with van der Waals surface area (Å²) in [5, 5.41) is 19.0. The molecule has 7 aromatic heterocycles. The normalized spacial score (nSPS) is 13.3. The van der Waals surface area contributed by atoms with E-state index in [1.54, 1.807) is 0 Å². The fourth-order valence-electron chi connectivity index (χ4n) is 16.8. The fourth-order valence-corrected chi connectivity index (χ4v) is 25.3. The van der Waals surface area contributed by atoms with E-state index in [0.717, 1.165) is 0 Å². The second kappa shape index (κ2) is 23.2. The Balaban J connectivity index is 0.0000000974. The Morgan fingerprint density at radius 3 is 0.942 bits per heavy atom. The highest BCUT2D eigenvalue weighted by Crippen LogP contribution is 2.58. The number of benzene rings is 15. The quantitative estimate of drug-likeness (QED) is 0.175. The number of hydrogen-bond donors (Lipinski definition) is 0. The van der Waals surface area contributed by atoms with Crippen LogP contribution in [0, 0.1) is 0 Å². The third-order valence-corrected chi connectivity index (χ3v) is 29.4. The zero-order valence-corrected chi connectivity index (χ0v) is 61.4. The molecule has 3 nitrogen and oxygen atoms in total. The Hall–Kier alpha value is -10.6. The molecule has 103 heavy (non-hydrogen) atoms. The first-order chi connectivity index (χ1) is 50.9. The van der Waals surface area contributed by atoms with Crippen LogP contribution in [0.1, 0.15) is 25.0 Å². The number of hydrogen-bond acceptors (Lipinski definition) is 9. The number of rotatable bonds is 3. The lowest BCUT2D eigenvalue weighted by atomic mass is 9.73. The van der Waals surface area contributed by atoms with Gasteiger partial charge in [-0.3, -0.25) is 0 Å². The van der Waals surface area contributed by atoms with Crippen LogP contribution in [0.25, 0.3) is 149 Å². The molecule has 486 valence electrons. The van der Waals surface area contributed by atoms with Crippen LogP contribution in [-0.2, 0) is 5.41 Å². The van der Waals surface area contributed by atoms with Crippen molar-refractivity contribution in [3.05, 3.63) is 321 Å². The summed E-state index contributed by atoms with van der Waals surface area (Å²) in [6, 6.07) is 114. The van der Waals surface area contributed by atoms with Gasteiger partial charge in [0.2, 0.25) is 0 Å². The summed E-state index contributed by atoms with van der Waals surface area (Å²) >= 11 is 13.3. The lowest BCUT2D eigenvalue weighted by Crippen LogP contribution is -2.30. The van der Waals surface area contributed by atoms with Gasteiger partial charge in [0.05, 0.1) is 50.8 Å². The lowest BCUT2D eigenvalue weighted by molar-refractivity contribution is 0.632. The van der Waals surface area contributed by atoms with Gasteiger partial charge in [0.1, 0.15) is 0 Å². The topological polar surface area (TPSA) is 11.4 Å². The molecule has 0 bridgehead atoms. The number of thiophene rings is 6. The van der Waals surface area contributed by atoms with Crippen LogP contribution in [-0.4, -0.2) is 4.57 Å². The smallest absolute Gasteiger partial charge is 0.0601 e. The van der Waals surface area contributed by atoms with Gasteiger partial charge in [-0.1, -0.05) is 214 Å². The number of fused-ring (bicyclic) bond motifs is 28. The van der Waals surface area contributed by atoms with Crippen LogP contribution in [0.15, 0.2) is 319 Å². The van der Waals surface area contributed by atoms with Gasteiger partial charge in [0.25, 0.3) is 0 Å². The zero-order valence-electron chi connectivity index (χ0n) is 55.6. The first-order valence-corrected chi connectivity index (χ1v) is 40.5. The molecule has 9 heterocycles. The maximum absolute atomic E-state index is 2.51. The molecule has 0 aliphatic carbocycles. The highest BCUT2D eigenvalue weighted by Gasteiger charge is 2.38. The Morgan fingerprint density at radius 2 is 0.515 bits per heavy atom. The molecule has 2 aliphatic rings. The third-order valence-electron chi connectivity index (χ3n) is 21.3. The minimum Gasteiger partial charge on any atom is -0.309 e. The molecule has 10 heteroatoms. The van der Waals surface area contributed by atoms with E-state index in [2.05, 4.69) is 338 Å². The van der Waals surface area contributed by atoms with E-state index >= 15 is 0 Å². The van der Waals surface area contributed by atoms with Crippen LogP contribution >= 0.6 is 79.8 Å². The van der Waals surface area contributed by atoms with Crippen LogP contribution < -0.4 is 9.80 Å². The van der Waals surface area contributed by atoms with Gasteiger partial charge in [-0.2, -0.15) is 0 Å². The van der Waals surface area contributed by atoms with Gasteiger partial charge in [0, 0.05) is 147 Å². The number of para-hydroxylation sites is 6. The van der Waals surface area contributed by atoms with E-state index in [9.17, 15) is 0 Å². The van der Waals surface area contributed by atoms with Crippen LogP contribution in [0.5, 0.6) is 0 Å². The van der Waals surface area contributed by atoms with Crippen molar-refractivity contribution in [2.75, 3.05) is 9.80 Å². The Morgan fingerprint density at radius 1 is 0.214 bits per heavy atom. The Bertz CT molecular complexity index is 7160. The maximum atomic E-state index is 2.51. The third kappa shape index (κ3) is 8.96. The molecule has 0 saturated carbocycles. The first-order valence-electron chi connectivity index (χ1n) is 34.8. The molecule has 15 aromatic carbocycles. The summed E-state index contributed by atoms with van der Waals surface area (Å²) in [5.74, 6) is 0. The summed E-state index contributed by atoms with van der Waals surface area (Å²) < 4.78 is 18.8. The molecule has 0 spiro atoms. The van der Waals surface area contributed by atoms with Crippen molar-refractivity contribution in [2.24, 2.45) is 0 Å². The molecule has 24 rings (SSSR count). The molecule has 0 atom stereocenters. The zero-order chi connectivity index (χ0) is 67.8. The van der Waals surface area contributed by atoms with Crippen molar-refractivity contribution in [1.29, 1.82) is 0 Å². The minimum atomic E-state index is -0.0625. The van der Waals surface area contributed by atoms with Crippen molar-refractivity contribution in [2.45, 2.75) is 29.1 Å². The fraction of sp³-hybridized carbons (Fsp3) is 0.0323. The number of aromatic nitrogens is 1. The van der Waals surface area contributed by atoms with Crippen molar-refractivity contribution >= 4 is 257 Å². The van der Waals surface area contributed by atoms with E-state index in [4.69, 9.17) is 0 Å². The predicted octanol–water partition coefficient (Wildman–Crippen LogP) is 30.4. The molecule has 0 amide bonds. The highest BCUT2D eigenvalue weighted by molar-refractivity contribution is 7.99.